The predicted molar refractivity (Wildman–Crippen MR) is 95.1 cm³/mol. The Bertz CT molecular complexity index is 566. The zero-order chi connectivity index (χ0) is 17.6. The van der Waals surface area contributed by atoms with Gasteiger partial charge in [-0.25, -0.2) is 0 Å². The number of ketones is 1. The Morgan fingerprint density at radius 2 is 1.74 bits per heavy atom. The molecule has 0 saturated heterocycles. The molecule has 1 atom stereocenters. The van der Waals surface area contributed by atoms with E-state index in [4.69, 9.17) is 4.74 Å². The molecule has 1 rings (SSSR count). The molecule has 0 amide bonds. The fourth-order valence-electron chi connectivity index (χ4n) is 2.48. The molecule has 0 saturated carbocycles. The van der Waals surface area contributed by atoms with Gasteiger partial charge in [0.05, 0.1) is 6.61 Å². The zero-order valence-electron chi connectivity index (χ0n) is 15.3. The van der Waals surface area contributed by atoms with E-state index < -0.39 is 0 Å². The van der Waals surface area contributed by atoms with Crippen LogP contribution in [0.4, 0.5) is 0 Å². The van der Waals surface area contributed by atoms with E-state index in [-0.39, 0.29) is 18.5 Å². The van der Waals surface area contributed by atoms with Gasteiger partial charge in [0.2, 0.25) is 5.78 Å². The number of allylic oxidation sites excluding steroid dienone is 5. The number of hydrogen-bond acceptors (Lipinski definition) is 3. The number of rotatable bonds is 8. The fraction of sp³-hybridized carbons (Fsp3) is 0.550. The molecule has 1 N–H and O–H groups in total. The minimum atomic E-state index is -0.238. The van der Waals surface area contributed by atoms with Crippen LogP contribution in [0.5, 0.6) is 0 Å². The van der Waals surface area contributed by atoms with Crippen LogP contribution < -0.4 is 0 Å². The topological polar surface area (TPSA) is 46.5 Å². The number of carbonyl (C=O) groups excluding carboxylic acids is 1. The molecule has 3 nitrogen and oxygen atoms in total. The van der Waals surface area contributed by atoms with Crippen LogP contribution in [-0.4, -0.2) is 23.6 Å². The largest absolute Gasteiger partial charge is 0.481 e. The van der Waals surface area contributed by atoms with Crippen molar-refractivity contribution in [3.05, 3.63) is 45.8 Å². The normalized spacial score (nSPS) is 17.8. The van der Waals surface area contributed by atoms with Crippen molar-refractivity contribution < 1.29 is 14.6 Å². The van der Waals surface area contributed by atoms with Crippen molar-refractivity contribution in [1.29, 1.82) is 0 Å². The Labute approximate surface area is 140 Å². The first-order valence-electron chi connectivity index (χ1n) is 8.26. The van der Waals surface area contributed by atoms with Gasteiger partial charge in [0.15, 0.2) is 5.76 Å². The second kappa shape index (κ2) is 8.88. The van der Waals surface area contributed by atoms with Gasteiger partial charge in [-0.05, 0) is 54.4 Å². The molecule has 0 spiro atoms. The summed E-state index contributed by atoms with van der Waals surface area (Å²) >= 11 is 0. The van der Waals surface area contributed by atoms with Gasteiger partial charge in [-0.1, -0.05) is 28.9 Å². The van der Waals surface area contributed by atoms with Crippen LogP contribution in [-0.2, 0) is 9.53 Å². The summed E-state index contributed by atoms with van der Waals surface area (Å²) in [6, 6.07) is 0. The van der Waals surface area contributed by atoms with Crippen LogP contribution in [0, 0.1) is 0 Å². The SMILES string of the molecule is CC(C)=CCC/C(C)=C(\CO)C(=O)C1=C(C)C(CC=C(C)C)O1. The number of hydrogen-bond donors (Lipinski definition) is 1. The summed E-state index contributed by atoms with van der Waals surface area (Å²) in [6.45, 7) is 11.8. The molecule has 3 heteroatoms. The number of aliphatic hydroxyl groups is 1. The summed E-state index contributed by atoms with van der Waals surface area (Å²) in [4.78, 5) is 12.6. The molecule has 0 aromatic carbocycles. The maximum atomic E-state index is 12.6. The molecule has 0 radical (unpaired) electrons. The Morgan fingerprint density at radius 3 is 2.22 bits per heavy atom. The van der Waals surface area contributed by atoms with Gasteiger partial charge in [-0.2, -0.15) is 0 Å². The second-order valence-electron chi connectivity index (χ2n) is 6.70. The van der Waals surface area contributed by atoms with E-state index in [9.17, 15) is 9.90 Å². The van der Waals surface area contributed by atoms with Gasteiger partial charge in [0.1, 0.15) is 6.10 Å². The maximum absolute atomic E-state index is 12.6. The minimum absolute atomic E-state index is 0.00484. The second-order valence-corrected chi connectivity index (χ2v) is 6.70. The summed E-state index contributed by atoms with van der Waals surface area (Å²) in [7, 11) is 0. The molecule has 0 aliphatic carbocycles. The third-order valence-corrected chi connectivity index (χ3v) is 4.07. The molecular weight excluding hydrogens is 288 g/mol. The minimum Gasteiger partial charge on any atom is -0.481 e. The third kappa shape index (κ3) is 5.51. The van der Waals surface area contributed by atoms with E-state index >= 15 is 0 Å². The van der Waals surface area contributed by atoms with Gasteiger partial charge in [-0.15, -0.1) is 0 Å². The molecule has 0 bridgehead atoms. The van der Waals surface area contributed by atoms with Gasteiger partial charge >= 0.3 is 0 Å². The van der Waals surface area contributed by atoms with Crippen molar-refractivity contribution in [2.45, 2.75) is 66.9 Å². The summed E-state index contributed by atoms with van der Waals surface area (Å²) in [5.74, 6) is 0.260. The molecule has 0 aromatic heterocycles. The Hall–Kier alpha value is -1.61. The lowest BCUT2D eigenvalue weighted by Gasteiger charge is -2.31. The monoisotopic (exact) mass is 318 g/mol. The summed E-state index contributed by atoms with van der Waals surface area (Å²) in [5.41, 5.74) is 4.90. The Balaban J connectivity index is 2.81. The summed E-state index contributed by atoms with van der Waals surface area (Å²) in [6.07, 6.45) is 6.71. The maximum Gasteiger partial charge on any atom is 0.225 e. The van der Waals surface area contributed by atoms with E-state index in [1.165, 1.54) is 11.1 Å². The molecule has 1 unspecified atom stereocenters. The lowest BCUT2D eigenvalue weighted by atomic mass is 9.93. The highest BCUT2D eigenvalue weighted by Crippen LogP contribution is 2.32. The number of Topliss-reactive ketones (excluding diaryl/α,β-unsaturated/α-hetero) is 1. The van der Waals surface area contributed by atoms with Crippen LogP contribution in [0.2, 0.25) is 0 Å². The Morgan fingerprint density at radius 1 is 1.13 bits per heavy atom. The molecule has 128 valence electrons. The number of ether oxygens (including phenoxy) is 1. The van der Waals surface area contributed by atoms with Crippen molar-refractivity contribution in [3.8, 4) is 0 Å². The number of aliphatic hydroxyl groups excluding tert-OH is 1. The molecule has 1 aliphatic heterocycles. The standard InChI is InChI=1S/C20H30O3/c1-13(2)8-7-9-15(5)17(12-21)19(22)20-16(6)18(23-20)11-10-14(3)4/h8,10,18,21H,7,9,11-12H2,1-6H3/b17-15+. The third-order valence-electron chi connectivity index (χ3n) is 4.07. The number of carbonyl (C=O) groups is 1. The predicted octanol–water partition coefficient (Wildman–Crippen LogP) is 4.64. The van der Waals surface area contributed by atoms with E-state index in [0.717, 1.165) is 30.4 Å². The Kier molecular flexibility index (Phi) is 7.50. The summed E-state index contributed by atoms with van der Waals surface area (Å²) in [5, 5.41) is 9.59. The highest BCUT2D eigenvalue weighted by molar-refractivity contribution is 6.08. The van der Waals surface area contributed by atoms with E-state index in [1.54, 1.807) is 0 Å². The van der Waals surface area contributed by atoms with E-state index in [1.807, 2.05) is 27.7 Å². The first-order valence-corrected chi connectivity index (χ1v) is 8.26. The fourth-order valence-corrected chi connectivity index (χ4v) is 2.48. The quantitative estimate of drug-likeness (QED) is 0.524. The van der Waals surface area contributed by atoms with Crippen molar-refractivity contribution >= 4 is 5.78 Å². The highest BCUT2D eigenvalue weighted by atomic mass is 16.5. The van der Waals surface area contributed by atoms with Gasteiger partial charge in [0.25, 0.3) is 0 Å². The van der Waals surface area contributed by atoms with Gasteiger partial charge < -0.3 is 9.84 Å². The van der Waals surface area contributed by atoms with Crippen LogP contribution >= 0.6 is 0 Å². The van der Waals surface area contributed by atoms with Crippen LogP contribution in [0.15, 0.2) is 45.8 Å². The average Bonchev–Trinajstić information content (AvgIpc) is 2.45. The molecule has 1 heterocycles. The molecule has 0 aromatic rings. The van der Waals surface area contributed by atoms with Crippen molar-refractivity contribution in [3.63, 3.8) is 0 Å². The van der Waals surface area contributed by atoms with Crippen LogP contribution in [0.3, 0.4) is 0 Å². The van der Waals surface area contributed by atoms with Crippen molar-refractivity contribution in [1.82, 2.24) is 0 Å². The first kappa shape index (κ1) is 19.4. The van der Waals surface area contributed by atoms with Crippen LogP contribution in [0.1, 0.15) is 60.8 Å². The van der Waals surface area contributed by atoms with Gasteiger partial charge in [0, 0.05) is 17.6 Å². The smallest absolute Gasteiger partial charge is 0.225 e. The van der Waals surface area contributed by atoms with E-state index in [0.29, 0.717) is 11.3 Å². The van der Waals surface area contributed by atoms with E-state index in [2.05, 4.69) is 26.0 Å². The van der Waals surface area contributed by atoms with Gasteiger partial charge in [-0.3, -0.25) is 4.79 Å². The molecule has 1 aliphatic rings. The lowest BCUT2D eigenvalue weighted by Crippen LogP contribution is -2.31. The molecule has 23 heavy (non-hydrogen) atoms. The average molecular weight is 318 g/mol. The van der Waals surface area contributed by atoms with Crippen molar-refractivity contribution in [2.24, 2.45) is 0 Å². The van der Waals surface area contributed by atoms with Crippen LogP contribution in [0.25, 0.3) is 0 Å². The lowest BCUT2D eigenvalue weighted by molar-refractivity contribution is -0.118. The highest BCUT2D eigenvalue weighted by Gasteiger charge is 2.33. The summed E-state index contributed by atoms with van der Waals surface area (Å²) < 4.78 is 5.67. The first-order chi connectivity index (χ1) is 10.8. The molecular formula is C20H30O3. The molecule has 0 fully saturated rings. The zero-order valence-corrected chi connectivity index (χ0v) is 15.3. The van der Waals surface area contributed by atoms with Crippen molar-refractivity contribution in [2.75, 3.05) is 6.61 Å².